The third-order valence-corrected chi connectivity index (χ3v) is 4.92. The number of hydrogen-bond acceptors (Lipinski definition) is 3. The molecule has 5 nitrogen and oxygen atoms in total. The predicted octanol–water partition coefficient (Wildman–Crippen LogP) is 3.26. The molecule has 1 aromatic heterocycles. The molecule has 0 bridgehead atoms. The predicted molar refractivity (Wildman–Crippen MR) is 109 cm³/mol. The van der Waals surface area contributed by atoms with Crippen molar-refractivity contribution >= 4 is 16.9 Å². The van der Waals surface area contributed by atoms with E-state index in [9.17, 15) is 0 Å². The van der Waals surface area contributed by atoms with Gasteiger partial charge in [-0.25, -0.2) is 0 Å². The summed E-state index contributed by atoms with van der Waals surface area (Å²) in [6, 6.07) is 10.8. The van der Waals surface area contributed by atoms with Crippen LogP contribution in [0.4, 0.5) is 0 Å². The van der Waals surface area contributed by atoms with E-state index in [1.165, 1.54) is 32.5 Å². The fraction of sp³-hybridized carbons (Fsp3) is 0.571. The van der Waals surface area contributed by atoms with Crippen molar-refractivity contribution in [3.63, 3.8) is 0 Å². The van der Waals surface area contributed by atoms with Gasteiger partial charge in [-0.3, -0.25) is 4.99 Å². The molecule has 1 aliphatic heterocycles. The molecule has 2 heterocycles. The Morgan fingerprint density at radius 1 is 1.27 bits per heavy atom. The van der Waals surface area contributed by atoms with Crippen LogP contribution < -0.4 is 10.6 Å². The van der Waals surface area contributed by atoms with Crippen LogP contribution in [0.2, 0.25) is 0 Å². The lowest BCUT2D eigenvalue weighted by Crippen LogP contribution is -2.49. The highest BCUT2D eigenvalue weighted by Crippen LogP contribution is 2.18. The third-order valence-electron chi connectivity index (χ3n) is 4.92. The number of hydrogen-bond donors (Lipinski definition) is 2. The van der Waals surface area contributed by atoms with Gasteiger partial charge in [0.25, 0.3) is 0 Å². The van der Waals surface area contributed by atoms with E-state index in [1.807, 2.05) is 25.2 Å². The number of benzene rings is 1. The second-order valence-corrected chi connectivity index (χ2v) is 7.61. The second kappa shape index (κ2) is 9.08. The number of likely N-dealkylation sites (tertiary alicyclic amines) is 1. The van der Waals surface area contributed by atoms with Crippen molar-refractivity contribution in [2.24, 2.45) is 10.9 Å². The molecule has 2 N–H and O–H groups in total. The van der Waals surface area contributed by atoms with Gasteiger partial charge in [0.2, 0.25) is 0 Å². The molecule has 1 aliphatic rings. The van der Waals surface area contributed by atoms with Crippen molar-refractivity contribution in [3.05, 3.63) is 36.1 Å². The summed E-state index contributed by atoms with van der Waals surface area (Å²) in [5.41, 5.74) is 0.957. The van der Waals surface area contributed by atoms with Crippen molar-refractivity contribution in [2.45, 2.75) is 39.2 Å². The molecule has 2 aromatic rings. The normalized spacial score (nSPS) is 17.2. The fourth-order valence-corrected chi connectivity index (χ4v) is 3.63. The van der Waals surface area contributed by atoms with E-state index in [0.29, 0.717) is 6.04 Å². The van der Waals surface area contributed by atoms with Crippen molar-refractivity contribution < 1.29 is 4.42 Å². The Hall–Kier alpha value is -2.01. The third kappa shape index (κ3) is 5.24. The Morgan fingerprint density at radius 2 is 2.04 bits per heavy atom. The zero-order valence-corrected chi connectivity index (χ0v) is 16.3. The van der Waals surface area contributed by atoms with E-state index in [0.717, 1.165) is 41.6 Å². The number of nitrogens with one attached hydrogen (secondary N) is 2. The van der Waals surface area contributed by atoms with E-state index >= 15 is 0 Å². The van der Waals surface area contributed by atoms with Gasteiger partial charge in [0, 0.05) is 51.1 Å². The first-order chi connectivity index (χ1) is 12.6. The highest BCUT2D eigenvalue weighted by Gasteiger charge is 2.20. The lowest BCUT2D eigenvalue weighted by molar-refractivity contribution is 0.187. The molecular weight excluding hydrogens is 324 g/mol. The standard InChI is InChI=1S/C21H32N4O/c1-16(2)15-25-12-9-18(10-13-25)24-21(22-3)23-11-8-19-14-17-6-4-5-7-20(17)26-19/h4-7,14,16,18H,8-13,15H2,1-3H3,(H2,22,23,24). The summed E-state index contributed by atoms with van der Waals surface area (Å²) >= 11 is 0. The van der Waals surface area contributed by atoms with Crippen LogP contribution in [0, 0.1) is 5.92 Å². The van der Waals surface area contributed by atoms with Crippen molar-refractivity contribution in [1.29, 1.82) is 0 Å². The van der Waals surface area contributed by atoms with Gasteiger partial charge >= 0.3 is 0 Å². The van der Waals surface area contributed by atoms with Crippen molar-refractivity contribution in [3.8, 4) is 0 Å². The summed E-state index contributed by atoms with van der Waals surface area (Å²) in [4.78, 5) is 6.94. The Labute approximate surface area is 156 Å². The molecule has 0 atom stereocenters. The Kier molecular flexibility index (Phi) is 6.56. The van der Waals surface area contributed by atoms with Crippen LogP contribution in [0.15, 0.2) is 39.7 Å². The minimum absolute atomic E-state index is 0.510. The maximum Gasteiger partial charge on any atom is 0.191 e. The number of furan rings is 1. The SMILES string of the molecule is CN=C(NCCc1cc2ccccc2o1)NC1CCN(CC(C)C)CC1. The average Bonchev–Trinajstić information content (AvgIpc) is 3.04. The minimum Gasteiger partial charge on any atom is -0.461 e. The molecule has 1 fully saturated rings. The Bertz CT molecular complexity index is 681. The fourth-order valence-electron chi connectivity index (χ4n) is 3.63. The quantitative estimate of drug-likeness (QED) is 0.616. The van der Waals surface area contributed by atoms with Crippen LogP contribution in [0.1, 0.15) is 32.4 Å². The topological polar surface area (TPSA) is 52.8 Å². The molecule has 0 amide bonds. The van der Waals surface area contributed by atoms with E-state index in [1.54, 1.807) is 0 Å². The van der Waals surface area contributed by atoms with Crippen LogP contribution in [-0.2, 0) is 6.42 Å². The molecule has 3 rings (SSSR count). The molecule has 0 radical (unpaired) electrons. The summed E-state index contributed by atoms with van der Waals surface area (Å²) in [5.74, 6) is 2.65. The van der Waals surface area contributed by atoms with Crippen LogP contribution in [0.3, 0.4) is 0 Å². The highest BCUT2D eigenvalue weighted by atomic mass is 16.3. The minimum atomic E-state index is 0.510. The molecule has 0 aliphatic carbocycles. The van der Waals surface area contributed by atoms with Crippen LogP contribution in [0.25, 0.3) is 11.0 Å². The molecule has 0 unspecified atom stereocenters. The van der Waals surface area contributed by atoms with Gasteiger partial charge in [-0.15, -0.1) is 0 Å². The van der Waals surface area contributed by atoms with E-state index < -0.39 is 0 Å². The van der Waals surface area contributed by atoms with Crippen LogP contribution >= 0.6 is 0 Å². The molecule has 0 spiro atoms. The number of guanidine groups is 1. The number of nitrogens with zero attached hydrogens (tertiary/aromatic N) is 2. The first-order valence-electron chi connectivity index (χ1n) is 9.81. The maximum absolute atomic E-state index is 5.87. The highest BCUT2D eigenvalue weighted by molar-refractivity contribution is 5.80. The second-order valence-electron chi connectivity index (χ2n) is 7.61. The van der Waals surface area contributed by atoms with Crippen molar-refractivity contribution in [1.82, 2.24) is 15.5 Å². The van der Waals surface area contributed by atoms with Gasteiger partial charge in [0.15, 0.2) is 5.96 Å². The summed E-state index contributed by atoms with van der Waals surface area (Å²) in [6.45, 7) is 8.94. The van der Waals surface area contributed by atoms with Gasteiger partial charge < -0.3 is 20.0 Å². The van der Waals surface area contributed by atoms with E-state index in [-0.39, 0.29) is 0 Å². The van der Waals surface area contributed by atoms with Gasteiger partial charge in [-0.1, -0.05) is 32.0 Å². The first kappa shape index (κ1) is 18.8. The van der Waals surface area contributed by atoms with E-state index in [4.69, 9.17) is 4.42 Å². The number of rotatable bonds is 6. The average molecular weight is 357 g/mol. The van der Waals surface area contributed by atoms with Gasteiger partial charge in [0.1, 0.15) is 11.3 Å². The molecule has 5 heteroatoms. The molecule has 1 aromatic carbocycles. The largest absolute Gasteiger partial charge is 0.461 e. The van der Waals surface area contributed by atoms with Gasteiger partial charge in [-0.05, 0) is 30.9 Å². The van der Waals surface area contributed by atoms with Crippen LogP contribution in [-0.4, -0.2) is 50.1 Å². The zero-order chi connectivity index (χ0) is 18.4. The summed E-state index contributed by atoms with van der Waals surface area (Å²) in [7, 11) is 1.84. The Morgan fingerprint density at radius 3 is 2.73 bits per heavy atom. The zero-order valence-electron chi connectivity index (χ0n) is 16.3. The Balaban J connectivity index is 1.41. The van der Waals surface area contributed by atoms with Gasteiger partial charge in [-0.2, -0.15) is 0 Å². The first-order valence-corrected chi connectivity index (χ1v) is 9.81. The van der Waals surface area contributed by atoms with E-state index in [2.05, 4.69) is 46.5 Å². The smallest absolute Gasteiger partial charge is 0.191 e. The summed E-state index contributed by atoms with van der Waals surface area (Å²) in [5, 5.41) is 8.16. The number of piperidine rings is 1. The lowest BCUT2D eigenvalue weighted by Gasteiger charge is -2.33. The molecule has 0 saturated carbocycles. The molecule has 26 heavy (non-hydrogen) atoms. The summed E-state index contributed by atoms with van der Waals surface area (Å²) in [6.07, 6.45) is 3.20. The molecule has 142 valence electrons. The van der Waals surface area contributed by atoms with Gasteiger partial charge in [0.05, 0.1) is 0 Å². The summed E-state index contributed by atoms with van der Waals surface area (Å²) < 4.78 is 5.87. The maximum atomic E-state index is 5.87. The monoisotopic (exact) mass is 356 g/mol. The number of aliphatic imine (C=N–C) groups is 1. The lowest BCUT2D eigenvalue weighted by atomic mass is 10.0. The number of fused-ring (bicyclic) bond motifs is 1. The van der Waals surface area contributed by atoms with Crippen molar-refractivity contribution in [2.75, 3.05) is 33.2 Å². The molecular formula is C21H32N4O. The van der Waals surface area contributed by atoms with Crippen LogP contribution in [0.5, 0.6) is 0 Å². The number of para-hydroxylation sites is 1. The molecule has 1 saturated heterocycles.